The second-order valence-corrected chi connectivity index (χ2v) is 7.43. The van der Waals surface area contributed by atoms with E-state index in [4.69, 9.17) is 4.74 Å². The molecule has 3 aromatic rings. The number of nitrogens with zero attached hydrogens (tertiary/aromatic N) is 2. The van der Waals surface area contributed by atoms with Crippen LogP contribution in [0.5, 0.6) is 5.75 Å². The highest BCUT2D eigenvalue weighted by Gasteiger charge is 2.20. The number of ether oxygens (including phenoxy) is 1. The van der Waals surface area contributed by atoms with Gasteiger partial charge in [0.25, 0.3) is 5.56 Å². The molecule has 0 unspecified atom stereocenters. The molecule has 1 N–H and O–H groups in total. The molecule has 0 aliphatic heterocycles. The van der Waals surface area contributed by atoms with Gasteiger partial charge in [-0.3, -0.25) is 14.2 Å². The van der Waals surface area contributed by atoms with Crippen LogP contribution >= 0.6 is 11.3 Å². The minimum absolute atomic E-state index is 0.0571. The third-order valence-electron chi connectivity index (χ3n) is 4.63. The van der Waals surface area contributed by atoms with Gasteiger partial charge in [-0.2, -0.15) is 0 Å². The quantitative estimate of drug-likeness (QED) is 0.767. The molecule has 1 amide bonds. The van der Waals surface area contributed by atoms with Crippen molar-refractivity contribution in [2.75, 3.05) is 12.4 Å². The van der Waals surface area contributed by atoms with Gasteiger partial charge in [-0.25, -0.2) is 4.98 Å². The molecule has 7 heteroatoms. The van der Waals surface area contributed by atoms with Gasteiger partial charge in [0.1, 0.15) is 17.1 Å². The van der Waals surface area contributed by atoms with E-state index < -0.39 is 0 Å². The maximum Gasteiger partial charge on any atom is 0.262 e. The Kier molecular flexibility index (Phi) is 4.46. The highest BCUT2D eigenvalue weighted by Crippen LogP contribution is 2.33. The van der Waals surface area contributed by atoms with Crippen LogP contribution < -0.4 is 15.6 Å². The Hall–Kier alpha value is -2.67. The van der Waals surface area contributed by atoms with Crippen LogP contribution in [0.25, 0.3) is 10.2 Å². The van der Waals surface area contributed by atoms with Gasteiger partial charge in [-0.15, -0.1) is 11.3 Å². The van der Waals surface area contributed by atoms with Gasteiger partial charge >= 0.3 is 0 Å². The van der Waals surface area contributed by atoms with Crippen LogP contribution in [-0.4, -0.2) is 22.6 Å². The largest absolute Gasteiger partial charge is 0.497 e. The Morgan fingerprint density at radius 3 is 2.81 bits per heavy atom. The molecule has 1 aliphatic rings. The normalized spacial score (nSPS) is 13.4. The van der Waals surface area contributed by atoms with Crippen LogP contribution in [0.1, 0.15) is 23.3 Å². The highest BCUT2D eigenvalue weighted by molar-refractivity contribution is 7.18. The zero-order valence-electron chi connectivity index (χ0n) is 14.4. The van der Waals surface area contributed by atoms with Crippen molar-refractivity contribution in [3.05, 3.63) is 51.4 Å². The van der Waals surface area contributed by atoms with E-state index in [1.807, 2.05) is 0 Å². The van der Waals surface area contributed by atoms with Gasteiger partial charge in [0, 0.05) is 10.6 Å². The summed E-state index contributed by atoms with van der Waals surface area (Å²) in [6.45, 7) is -0.0571. The topological polar surface area (TPSA) is 73.2 Å². The summed E-state index contributed by atoms with van der Waals surface area (Å²) in [7, 11) is 1.59. The molecular formula is C19H19N3O3S. The molecule has 0 fully saturated rings. The summed E-state index contributed by atoms with van der Waals surface area (Å²) in [4.78, 5) is 31.7. The van der Waals surface area contributed by atoms with Crippen molar-refractivity contribution in [2.24, 2.45) is 0 Å². The van der Waals surface area contributed by atoms with Crippen molar-refractivity contribution in [1.82, 2.24) is 9.55 Å². The molecule has 6 nitrogen and oxygen atoms in total. The van der Waals surface area contributed by atoms with Crippen LogP contribution in [0.4, 0.5) is 5.69 Å². The summed E-state index contributed by atoms with van der Waals surface area (Å²) in [5.74, 6) is 0.457. The third-order valence-corrected chi connectivity index (χ3v) is 5.83. The number of hydrogen-bond acceptors (Lipinski definition) is 5. The number of fused-ring (bicyclic) bond motifs is 3. The average Bonchev–Trinajstić information content (AvgIpc) is 3.04. The van der Waals surface area contributed by atoms with E-state index in [0.717, 1.165) is 41.8 Å². The molecule has 2 heterocycles. The Morgan fingerprint density at radius 2 is 2.04 bits per heavy atom. The molecule has 2 aromatic heterocycles. The first kappa shape index (κ1) is 16.8. The first-order valence-corrected chi connectivity index (χ1v) is 9.41. The minimum atomic E-state index is -0.262. The maximum atomic E-state index is 12.9. The van der Waals surface area contributed by atoms with Gasteiger partial charge in [0.05, 0.1) is 18.8 Å². The fraction of sp³-hybridized carbons (Fsp3) is 0.316. The van der Waals surface area contributed by atoms with Crippen molar-refractivity contribution in [1.29, 1.82) is 0 Å². The van der Waals surface area contributed by atoms with Crippen molar-refractivity contribution < 1.29 is 9.53 Å². The molecule has 1 aliphatic carbocycles. The van der Waals surface area contributed by atoms with Crippen LogP contribution in [0.2, 0.25) is 0 Å². The maximum absolute atomic E-state index is 12.9. The lowest BCUT2D eigenvalue weighted by Crippen LogP contribution is -2.28. The van der Waals surface area contributed by atoms with E-state index in [1.165, 1.54) is 15.8 Å². The van der Waals surface area contributed by atoms with Crippen molar-refractivity contribution >= 4 is 33.1 Å². The zero-order chi connectivity index (χ0) is 18.1. The lowest BCUT2D eigenvalue weighted by Gasteiger charge is -2.11. The lowest BCUT2D eigenvalue weighted by molar-refractivity contribution is -0.116. The fourth-order valence-electron chi connectivity index (χ4n) is 3.32. The predicted molar refractivity (Wildman–Crippen MR) is 102 cm³/mol. The number of carbonyl (C=O) groups is 1. The van der Waals surface area contributed by atoms with Crippen LogP contribution in [0.15, 0.2) is 35.4 Å². The van der Waals surface area contributed by atoms with E-state index >= 15 is 0 Å². The van der Waals surface area contributed by atoms with Crippen molar-refractivity contribution in [3.8, 4) is 5.75 Å². The number of benzene rings is 1. The number of rotatable bonds is 4. The monoisotopic (exact) mass is 369 g/mol. The number of aromatic nitrogens is 2. The number of thiophene rings is 1. The number of anilines is 1. The van der Waals surface area contributed by atoms with Crippen LogP contribution in [0, 0.1) is 0 Å². The first-order chi connectivity index (χ1) is 12.7. The molecule has 4 rings (SSSR count). The smallest absolute Gasteiger partial charge is 0.262 e. The standard InChI is InChI=1S/C19H19N3O3S/c1-25-13-8-6-12(7-9-13)21-16(23)10-22-11-20-18-17(19(22)24)14-4-2-3-5-15(14)26-18/h6-9,11H,2-5,10H2,1H3,(H,21,23). The van der Waals surface area contributed by atoms with Gasteiger partial charge in [0.2, 0.25) is 5.91 Å². The molecule has 0 radical (unpaired) electrons. The second-order valence-electron chi connectivity index (χ2n) is 6.35. The minimum Gasteiger partial charge on any atom is -0.497 e. The zero-order valence-corrected chi connectivity index (χ0v) is 15.3. The number of carbonyl (C=O) groups excluding carboxylic acids is 1. The van der Waals surface area contributed by atoms with Crippen molar-refractivity contribution in [2.45, 2.75) is 32.2 Å². The number of amides is 1. The predicted octanol–water partition coefficient (Wildman–Crippen LogP) is 2.98. The lowest BCUT2D eigenvalue weighted by atomic mass is 9.97. The molecule has 1 aromatic carbocycles. The van der Waals surface area contributed by atoms with E-state index in [2.05, 4.69) is 10.3 Å². The first-order valence-electron chi connectivity index (χ1n) is 8.59. The molecular weight excluding hydrogens is 350 g/mol. The number of hydrogen-bond donors (Lipinski definition) is 1. The van der Waals surface area contributed by atoms with Gasteiger partial charge in [-0.1, -0.05) is 0 Å². The summed E-state index contributed by atoms with van der Waals surface area (Å²) >= 11 is 1.61. The molecule has 0 saturated carbocycles. The van der Waals surface area contributed by atoms with E-state index in [1.54, 1.807) is 42.7 Å². The molecule has 26 heavy (non-hydrogen) atoms. The summed E-state index contributed by atoms with van der Waals surface area (Å²) in [6, 6.07) is 7.06. The third kappa shape index (κ3) is 3.10. The summed E-state index contributed by atoms with van der Waals surface area (Å²) in [5, 5.41) is 3.49. The SMILES string of the molecule is COc1ccc(NC(=O)Cn2cnc3sc4c(c3c2=O)CCCC4)cc1. The Bertz CT molecular complexity index is 1020. The molecule has 0 atom stereocenters. The number of aryl methyl sites for hydroxylation is 2. The van der Waals surface area contributed by atoms with Crippen LogP contribution in [-0.2, 0) is 24.2 Å². The molecule has 0 saturated heterocycles. The Balaban J connectivity index is 1.57. The molecule has 0 bridgehead atoms. The summed E-state index contributed by atoms with van der Waals surface area (Å²) < 4.78 is 6.49. The highest BCUT2D eigenvalue weighted by atomic mass is 32.1. The van der Waals surface area contributed by atoms with Gasteiger partial charge < -0.3 is 10.1 Å². The fourth-order valence-corrected chi connectivity index (χ4v) is 4.54. The van der Waals surface area contributed by atoms with E-state index in [0.29, 0.717) is 11.1 Å². The average molecular weight is 369 g/mol. The Labute approximate surface area is 154 Å². The Morgan fingerprint density at radius 1 is 1.27 bits per heavy atom. The number of methoxy groups -OCH3 is 1. The van der Waals surface area contributed by atoms with Crippen LogP contribution in [0.3, 0.4) is 0 Å². The molecule has 134 valence electrons. The van der Waals surface area contributed by atoms with Crippen molar-refractivity contribution in [3.63, 3.8) is 0 Å². The van der Waals surface area contributed by atoms with Gasteiger partial charge in [0.15, 0.2) is 0 Å². The summed E-state index contributed by atoms with van der Waals surface area (Å²) in [5.41, 5.74) is 1.67. The molecule has 0 spiro atoms. The van der Waals surface area contributed by atoms with E-state index in [9.17, 15) is 9.59 Å². The number of nitrogens with one attached hydrogen (secondary N) is 1. The summed E-state index contributed by atoms with van der Waals surface area (Å²) in [6.07, 6.45) is 5.69. The second kappa shape index (κ2) is 6.92. The van der Waals surface area contributed by atoms with E-state index in [-0.39, 0.29) is 18.0 Å². The van der Waals surface area contributed by atoms with Gasteiger partial charge in [-0.05, 0) is 55.5 Å².